The maximum atomic E-state index is 2.53. The van der Waals surface area contributed by atoms with E-state index in [1.807, 2.05) is 0 Å². The summed E-state index contributed by atoms with van der Waals surface area (Å²) >= 11 is 0. The molecule has 1 unspecified atom stereocenters. The molecule has 1 aromatic heterocycles. The van der Waals surface area contributed by atoms with Crippen LogP contribution in [0.3, 0.4) is 0 Å². The number of hydrogen-bond acceptors (Lipinski definition) is 1. The standard InChI is InChI=1S/C69H44N2/c1-2-18-45(19-3-1)46-36-38-48(39-37-46)52-23-9-13-32-63(52)70(64-35-16-21-47-20-4-5-22-51(47)64)66-43-42-50(53-24-6-7-26-56(53)66)49-40-41-55-54-25-8-11-29-59(54)69(62(55)44-49)60-30-12-15-34-67(60)71-65-33-14-10-27-57(65)58-28-17-31-61(69)68(58)71/h1-44H. The molecule has 1 aliphatic carbocycles. The van der Waals surface area contributed by atoms with Crippen molar-refractivity contribution in [1.29, 1.82) is 0 Å². The summed E-state index contributed by atoms with van der Waals surface area (Å²) in [5, 5.41) is 7.36. The van der Waals surface area contributed by atoms with Gasteiger partial charge in [0.2, 0.25) is 0 Å². The van der Waals surface area contributed by atoms with Crippen LogP contribution in [0, 0.1) is 0 Å². The lowest BCUT2D eigenvalue weighted by molar-refractivity contribution is 0.749. The van der Waals surface area contributed by atoms with Gasteiger partial charge in [0.1, 0.15) is 0 Å². The third kappa shape index (κ3) is 5.65. The summed E-state index contributed by atoms with van der Waals surface area (Å²) in [5.41, 5.74) is 21.6. The van der Waals surface area contributed by atoms with Crippen LogP contribution in [0.1, 0.15) is 22.3 Å². The van der Waals surface area contributed by atoms with Gasteiger partial charge in [-0.3, -0.25) is 0 Å². The molecule has 1 spiro atoms. The van der Waals surface area contributed by atoms with Gasteiger partial charge in [-0.15, -0.1) is 0 Å². The van der Waals surface area contributed by atoms with Crippen LogP contribution >= 0.6 is 0 Å². The van der Waals surface area contributed by atoms with Crippen molar-refractivity contribution >= 4 is 60.4 Å². The van der Waals surface area contributed by atoms with Crippen molar-refractivity contribution in [2.45, 2.75) is 5.41 Å². The van der Waals surface area contributed by atoms with Crippen molar-refractivity contribution in [2.75, 3.05) is 4.90 Å². The smallest absolute Gasteiger partial charge is 0.0754 e. The molecule has 0 fully saturated rings. The maximum Gasteiger partial charge on any atom is 0.0754 e. The molecule has 2 nitrogen and oxygen atoms in total. The first kappa shape index (κ1) is 39.7. The Labute approximate surface area is 412 Å². The molecule has 13 aromatic rings. The summed E-state index contributed by atoms with van der Waals surface area (Å²) in [6, 6.07) is 99.2. The van der Waals surface area contributed by atoms with E-state index in [-0.39, 0.29) is 0 Å². The number of rotatable bonds is 6. The van der Waals surface area contributed by atoms with Gasteiger partial charge in [0.15, 0.2) is 0 Å². The van der Waals surface area contributed by atoms with Crippen LogP contribution in [0.15, 0.2) is 267 Å². The summed E-state index contributed by atoms with van der Waals surface area (Å²) in [7, 11) is 0. The fraction of sp³-hybridized carbons (Fsp3) is 0.0145. The number of aromatic nitrogens is 1. The fourth-order valence-corrected chi connectivity index (χ4v) is 12.6. The van der Waals surface area contributed by atoms with Gasteiger partial charge < -0.3 is 9.47 Å². The average molecular weight is 901 g/mol. The molecule has 0 saturated heterocycles. The van der Waals surface area contributed by atoms with Crippen LogP contribution in [-0.2, 0) is 5.41 Å². The molecule has 2 aliphatic rings. The lowest BCUT2D eigenvalue weighted by Crippen LogP contribution is -2.33. The highest BCUT2D eigenvalue weighted by Crippen LogP contribution is 2.61. The van der Waals surface area contributed by atoms with Crippen molar-refractivity contribution in [3.05, 3.63) is 289 Å². The monoisotopic (exact) mass is 900 g/mol. The second-order valence-electron chi connectivity index (χ2n) is 19.1. The highest BCUT2D eigenvalue weighted by Gasteiger charge is 2.51. The van der Waals surface area contributed by atoms with Crippen molar-refractivity contribution in [3.8, 4) is 50.2 Å². The Balaban J connectivity index is 0.953. The molecule has 71 heavy (non-hydrogen) atoms. The molecule has 330 valence electrons. The van der Waals surface area contributed by atoms with E-state index in [4.69, 9.17) is 0 Å². The predicted molar refractivity (Wildman–Crippen MR) is 298 cm³/mol. The number of para-hydroxylation sites is 4. The normalized spacial score (nSPS) is 14.3. The third-order valence-corrected chi connectivity index (χ3v) is 15.6. The van der Waals surface area contributed by atoms with Crippen molar-refractivity contribution < 1.29 is 0 Å². The zero-order valence-corrected chi connectivity index (χ0v) is 38.8. The molecule has 2 heteroatoms. The zero-order chi connectivity index (χ0) is 46.6. The summed E-state index contributed by atoms with van der Waals surface area (Å²) in [5.74, 6) is 0. The Morgan fingerprint density at radius 2 is 0.831 bits per heavy atom. The Morgan fingerprint density at radius 3 is 1.70 bits per heavy atom. The van der Waals surface area contributed by atoms with E-state index in [1.54, 1.807) is 0 Å². The molecule has 15 rings (SSSR count). The molecule has 0 amide bonds. The number of anilines is 3. The molecule has 0 saturated carbocycles. The molecular formula is C69H44N2. The molecule has 2 heterocycles. The van der Waals surface area contributed by atoms with Crippen molar-refractivity contribution in [2.24, 2.45) is 0 Å². The first-order valence-corrected chi connectivity index (χ1v) is 24.7. The Bertz CT molecular complexity index is 4290. The van der Waals surface area contributed by atoms with E-state index in [2.05, 4.69) is 276 Å². The van der Waals surface area contributed by atoms with Gasteiger partial charge in [-0.25, -0.2) is 0 Å². The lowest BCUT2D eigenvalue weighted by Gasteiger charge is -2.39. The first-order valence-electron chi connectivity index (χ1n) is 24.7. The van der Waals surface area contributed by atoms with Gasteiger partial charge in [-0.1, -0.05) is 231 Å². The number of benzene rings is 12. The Kier molecular flexibility index (Phi) is 8.61. The molecule has 0 N–H and O–H groups in total. The van der Waals surface area contributed by atoms with Gasteiger partial charge >= 0.3 is 0 Å². The molecule has 0 radical (unpaired) electrons. The highest BCUT2D eigenvalue weighted by molar-refractivity contribution is 6.14. The van der Waals surface area contributed by atoms with E-state index >= 15 is 0 Å². The number of fused-ring (bicyclic) bond motifs is 14. The number of nitrogens with zero attached hydrogens (tertiary/aromatic N) is 2. The van der Waals surface area contributed by atoms with E-state index in [1.165, 1.54) is 116 Å². The summed E-state index contributed by atoms with van der Waals surface area (Å²) in [6.07, 6.45) is 0. The quantitative estimate of drug-likeness (QED) is 0.161. The fourth-order valence-electron chi connectivity index (χ4n) is 12.6. The second kappa shape index (κ2) is 15.4. The van der Waals surface area contributed by atoms with Crippen LogP contribution in [0.2, 0.25) is 0 Å². The van der Waals surface area contributed by atoms with E-state index < -0.39 is 5.41 Å². The zero-order valence-electron chi connectivity index (χ0n) is 38.8. The van der Waals surface area contributed by atoms with E-state index in [0.717, 1.165) is 17.1 Å². The molecule has 1 atom stereocenters. The van der Waals surface area contributed by atoms with Crippen molar-refractivity contribution in [1.82, 2.24) is 4.57 Å². The minimum absolute atomic E-state index is 0.535. The molecule has 0 bridgehead atoms. The summed E-state index contributed by atoms with van der Waals surface area (Å²) < 4.78 is 2.52. The van der Waals surface area contributed by atoms with Crippen molar-refractivity contribution in [3.63, 3.8) is 0 Å². The maximum absolute atomic E-state index is 2.53. The van der Waals surface area contributed by atoms with Gasteiger partial charge in [0, 0.05) is 27.1 Å². The minimum atomic E-state index is -0.535. The SMILES string of the molecule is c1ccc(-c2ccc(-c3ccccc3N(c3cccc4ccccc34)c3ccc(-c4ccc5c(c4)C4(c6ccccc6-5)c5ccccc5-n5c6ccccc6c6cccc4c65)c4ccccc34)cc2)cc1. The van der Waals surface area contributed by atoms with Crippen LogP contribution in [-0.4, -0.2) is 4.57 Å². The third-order valence-electron chi connectivity index (χ3n) is 15.6. The minimum Gasteiger partial charge on any atom is -0.309 e. The van der Waals surface area contributed by atoms with Crippen LogP contribution in [0.4, 0.5) is 17.1 Å². The first-order chi connectivity index (χ1) is 35.3. The van der Waals surface area contributed by atoms with E-state index in [9.17, 15) is 0 Å². The van der Waals surface area contributed by atoms with Gasteiger partial charge in [0.05, 0.1) is 39.2 Å². The van der Waals surface area contributed by atoms with Gasteiger partial charge in [-0.05, 0) is 108 Å². The van der Waals surface area contributed by atoms with E-state index in [0.29, 0.717) is 0 Å². The topological polar surface area (TPSA) is 8.17 Å². The second-order valence-corrected chi connectivity index (χ2v) is 19.1. The van der Waals surface area contributed by atoms with Gasteiger partial charge in [-0.2, -0.15) is 0 Å². The molecule has 1 aliphatic heterocycles. The summed E-state index contributed by atoms with van der Waals surface area (Å²) in [6.45, 7) is 0. The van der Waals surface area contributed by atoms with Gasteiger partial charge in [0.25, 0.3) is 0 Å². The van der Waals surface area contributed by atoms with Crippen LogP contribution < -0.4 is 4.90 Å². The van der Waals surface area contributed by atoms with Crippen LogP contribution in [0.25, 0.3) is 93.5 Å². The number of hydrogen-bond donors (Lipinski definition) is 0. The Morgan fingerprint density at radius 1 is 0.282 bits per heavy atom. The predicted octanol–water partition coefficient (Wildman–Crippen LogP) is 18.2. The Hall–Kier alpha value is -9.24. The summed E-state index contributed by atoms with van der Waals surface area (Å²) in [4.78, 5) is 2.50. The molecular weight excluding hydrogens is 857 g/mol. The van der Waals surface area contributed by atoms with Crippen LogP contribution in [0.5, 0.6) is 0 Å². The average Bonchev–Trinajstić information content (AvgIpc) is 3.94. The molecule has 12 aromatic carbocycles. The largest absolute Gasteiger partial charge is 0.309 e. The lowest BCUT2D eigenvalue weighted by atomic mass is 9.65. The highest BCUT2D eigenvalue weighted by atomic mass is 15.1.